The summed E-state index contributed by atoms with van der Waals surface area (Å²) in [5.41, 5.74) is 7.81. The van der Waals surface area contributed by atoms with Gasteiger partial charge in [-0.1, -0.05) is 44.2 Å². The van der Waals surface area contributed by atoms with Crippen molar-refractivity contribution in [3.63, 3.8) is 0 Å². The van der Waals surface area contributed by atoms with Gasteiger partial charge < -0.3 is 4.90 Å². The molecule has 0 aromatic rings. The van der Waals surface area contributed by atoms with Crippen LogP contribution in [0.4, 0.5) is 0 Å². The number of rotatable bonds is 2. The van der Waals surface area contributed by atoms with Gasteiger partial charge in [0, 0.05) is 36.0 Å². The first kappa shape index (κ1) is 18.7. The van der Waals surface area contributed by atoms with Crippen molar-refractivity contribution in [2.24, 2.45) is 39.5 Å². The second-order valence-corrected chi connectivity index (χ2v) is 11.8. The predicted octanol–water partition coefficient (Wildman–Crippen LogP) is 6.60. The zero-order valence-corrected chi connectivity index (χ0v) is 19.2. The Balaban J connectivity index is 1.29. The van der Waals surface area contributed by atoms with Crippen LogP contribution < -0.4 is 0 Å². The highest BCUT2D eigenvalue weighted by Crippen LogP contribution is 2.76. The van der Waals surface area contributed by atoms with E-state index in [9.17, 15) is 0 Å². The van der Waals surface area contributed by atoms with Crippen molar-refractivity contribution in [1.82, 2.24) is 4.90 Å². The number of aliphatic imine (C=N–C) groups is 1. The number of allylic oxidation sites excluding steroid dienone is 7. The third-order valence-corrected chi connectivity index (χ3v) is 10.8. The molecule has 2 heteroatoms. The maximum Gasteiger partial charge on any atom is 0.0585 e. The van der Waals surface area contributed by atoms with Gasteiger partial charge in [-0.25, -0.2) is 0 Å². The van der Waals surface area contributed by atoms with Crippen molar-refractivity contribution >= 4 is 6.21 Å². The molecule has 0 bridgehead atoms. The second-order valence-electron chi connectivity index (χ2n) is 11.8. The molecule has 162 valence electrons. The van der Waals surface area contributed by atoms with E-state index in [0.717, 1.165) is 18.4 Å². The first-order valence-electron chi connectivity index (χ1n) is 12.9. The van der Waals surface area contributed by atoms with E-state index in [1.807, 2.05) is 5.57 Å². The molecule has 0 radical (unpaired) electrons. The van der Waals surface area contributed by atoms with Gasteiger partial charge in [0.1, 0.15) is 0 Å². The van der Waals surface area contributed by atoms with E-state index >= 15 is 0 Å². The maximum atomic E-state index is 4.71. The molecule has 7 rings (SSSR count). The summed E-state index contributed by atoms with van der Waals surface area (Å²) in [7, 11) is 0. The highest BCUT2D eigenvalue weighted by atomic mass is 15.2. The van der Waals surface area contributed by atoms with Crippen LogP contribution in [0.2, 0.25) is 0 Å². The summed E-state index contributed by atoms with van der Waals surface area (Å²) < 4.78 is 0. The fraction of sp³-hybridized carbons (Fsp3) is 0.621. The lowest BCUT2D eigenvalue weighted by Gasteiger charge is -2.38. The lowest BCUT2D eigenvalue weighted by molar-refractivity contribution is 0.301. The Morgan fingerprint density at radius 1 is 1.03 bits per heavy atom. The second kappa shape index (κ2) is 6.36. The first-order valence-corrected chi connectivity index (χ1v) is 12.9. The van der Waals surface area contributed by atoms with Gasteiger partial charge >= 0.3 is 0 Å². The van der Waals surface area contributed by atoms with Gasteiger partial charge in [0.15, 0.2) is 0 Å². The third-order valence-electron chi connectivity index (χ3n) is 10.8. The third kappa shape index (κ3) is 2.37. The van der Waals surface area contributed by atoms with Gasteiger partial charge in [-0.15, -0.1) is 0 Å². The fourth-order valence-electron chi connectivity index (χ4n) is 8.74. The number of dihydropyridines is 1. The van der Waals surface area contributed by atoms with E-state index in [0.29, 0.717) is 28.7 Å². The van der Waals surface area contributed by atoms with Crippen LogP contribution in [0.25, 0.3) is 0 Å². The van der Waals surface area contributed by atoms with Crippen molar-refractivity contribution < 1.29 is 0 Å². The average Bonchev–Trinajstić information content (AvgIpc) is 3.17. The molecule has 4 aliphatic carbocycles. The normalized spacial score (nSPS) is 46.5. The molecule has 0 amide bonds. The molecule has 2 nitrogen and oxygen atoms in total. The van der Waals surface area contributed by atoms with E-state index in [2.05, 4.69) is 61.4 Å². The minimum Gasteiger partial charge on any atom is -0.341 e. The molecular weight excluding hydrogens is 376 g/mol. The topological polar surface area (TPSA) is 15.6 Å². The Morgan fingerprint density at radius 3 is 2.71 bits per heavy atom. The molecule has 1 saturated carbocycles. The smallest absolute Gasteiger partial charge is 0.0585 e. The summed E-state index contributed by atoms with van der Waals surface area (Å²) in [4.78, 5) is 7.55. The van der Waals surface area contributed by atoms with E-state index in [1.165, 1.54) is 51.4 Å². The Bertz CT molecular complexity index is 986. The lowest BCUT2D eigenvalue weighted by Crippen LogP contribution is -2.35. The van der Waals surface area contributed by atoms with E-state index in [4.69, 9.17) is 4.99 Å². The van der Waals surface area contributed by atoms with Gasteiger partial charge in [-0.05, 0) is 91.3 Å². The van der Waals surface area contributed by atoms with Gasteiger partial charge in [-0.2, -0.15) is 0 Å². The summed E-state index contributed by atoms with van der Waals surface area (Å²) >= 11 is 0. The predicted molar refractivity (Wildman–Crippen MR) is 128 cm³/mol. The molecule has 0 N–H and O–H groups in total. The summed E-state index contributed by atoms with van der Waals surface area (Å²) in [5, 5.41) is 0. The maximum absolute atomic E-state index is 4.71. The Hall–Kier alpha value is -1.83. The quantitative estimate of drug-likeness (QED) is 0.467. The summed E-state index contributed by atoms with van der Waals surface area (Å²) in [5.74, 6) is 3.01. The molecule has 7 atom stereocenters. The van der Waals surface area contributed by atoms with Gasteiger partial charge in [0.25, 0.3) is 0 Å². The molecule has 1 saturated heterocycles. The van der Waals surface area contributed by atoms with E-state index < -0.39 is 0 Å². The van der Waals surface area contributed by atoms with Crippen LogP contribution in [-0.2, 0) is 0 Å². The highest BCUT2D eigenvalue weighted by molar-refractivity contribution is 5.74. The molecule has 3 aliphatic heterocycles. The fourth-order valence-corrected chi connectivity index (χ4v) is 8.74. The number of nitrogens with zero attached hydrogens (tertiary/aromatic N) is 2. The Morgan fingerprint density at radius 2 is 1.87 bits per heavy atom. The van der Waals surface area contributed by atoms with E-state index in [1.54, 1.807) is 17.0 Å². The molecule has 3 heterocycles. The Labute approximate surface area is 187 Å². The highest BCUT2D eigenvalue weighted by Gasteiger charge is 2.69. The van der Waals surface area contributed by atoms with Crippen LogP contribution in [0.15, 0.2) is 64.0 Å². The largest absolute Gasteiger partial charge is 0.341 e. The lowest BCUT2D eigenvalue weighted by atomic mass is 9.73. The number of hydrogen-bond acceptors (Lipinski definition) is 2. The first-order chi connectivity index (χ1) is 15.1. The molecule has 31 heavy (non-hydrogen) atoms. The van der Waals surface area contributed by atoms with Gasteiger partial charge in [-0.3, -0.25) is 4.99 Å². The minimum atomic E-state index is 0.545. The van der Waals surface area contributed by atoms with Crippen LogP contribution >= 0.6 is 0 Å². The summed E-state index contributed by atoms with van der Waals surface area (Å²) in [6, 6.07) is 0.559. The van der Waals surface area contributed by atoms with Crippen molar-refractivity contribution in [3.8, 4) is 0 Å². The van der Waals surface area contributed by atoms with Crippen LogP contribution in [0.5, 0.6) is 0 Å². The van der Waals surface area contributed by atoms with Crippen molar-refractivity contribution in [2.45, 2.75) is 71.3 Å². The molecule has 4 unspecified atom stereocenters. The molecular formula is C29H36N2. The number of hydrogen-bond donors (Lipinski definition) is 0. The van der Waals surface area contributed by atoms with Crippen LogP contribution in [0, 0.1) is 34.5 Å². The molecule has 0 aromatic heterocycles. The zero-order valence-electron chi connectivity index (χ0n) is 19.2. The summed E-state index contributed by atoms with van der Waals surface area (Å²) in [6.07, 6.45) is 27.2. The molecule has 2 fully saturated rings. The molecule has 7 aliphatic rings. The zero-order chi connectivity index (χ0) is 20.8. The van der Waals surface area contributed by atoms with Crippen LogP contribution in [0.3, 0.4) is 0 Å². The number of fused-ring (bicyclic) bond motifs is 6. The summed E-state index contributed by atoms with van der Waals surface area (Å²) in [6.45, 7) is 6.16. The molecule has 0 spiro atoms. The van der Waals surface area contributed by atoms with Crippen LogP contribution in [-0.4, -0.2) is 23.7 Å². The Kier molecular flexibility index (Phi) is 3.84. The van der Waals surface area contributed by atoms with Crippen LogP contribution in [0.1, 0.15) is 65.2 Å². The molecule has 0 aromatic carbocycles. The standard InChI is InChI=1S/C29H36N2/c1-28-14-5-6-15-29(28,2)26(28)17-20-10-12-22-23-18-30-16-13-25(23)31-24-8-4-3-7-19(24)9-11-21(20)27(22)31/h3,5-7,9,13,16,20,22-24,26H,4,8,10-12,14-15,17-18H2,1-2H3/t20?,22?,23?,24?,26-,28+,29-. The SMILES string of the molecule is C[C@@]12CC=CC[C@]1(C)[C@@H]2CC1CCC2C3=C1CC=C1C=CCCC1N3C1=CC=NCC12. The van der Waals surface area contributed by atoms with Crippen molar-refractivity contribution in [3.05, 3.63) is 59.0 Å². The van der Waals surface area contributed by atoms with Crippen molar-refractivity contribution in [1.29, 1.82) is 0 Å². The van der Waals surface area contributed by atoms with E-state index in [-0.39, 0.29) is 0 Å². The average molecular weight is 413 g/mol. The van der Waals surface area contributed by atoms with Crippen molar-refractivity contribution in [2.75, 3.05) is 6.54 Å². The van der Waals surface area contributed by atoms with Gasteiger partial charge in [0.05, 0.1) is 6.04 Å². The minimum absolute atomic E-state index is 0.545. The van der Waals surface area contributed by atoms with Gasteiger partial charge in [0.2, 0.25) is 0 Å². The monoisotopic (exact) mass is 412 g/mol.